The third-order valence-electron chi connectivity index (χ3n) is 4.44. The molecule has 0 radical (unpaired) electrons. The fourth-order valence-corrected chi connectivity index (χ4v) is 2.90. The molecule has 0 fully saturated rings. The average molecular weight is 351 g/mol. The molecule has 1 aromatic heterocycles. The first-order chi connectivity index (χ1) is 12.5. The van der Waals surface area contributed by atoms with Crippen LogP contribution in [0.25, 0.3) is 6.08 Å². The lowest BCUT2D eigenvalue weighted by atomic mass is 10.1. The minimum atomic E-state index is -0.370. The number of methoxy groups -OCH3 is 1. The Labute approximate surface area is 154 Å². The van der Waals surface area contributed by atoms with E-state index in [-0.39, 0.29) is 17.5 Å². The van der Waals surface area contributed by atoms with Gasteiger partial charge in [-0.05, 0) is 44.0 Å². The number of nitrogens with one attached hydrogen (secondary N) is 1. The third-order valence-corrected chi connectivity index (χ3v) is 4.44. The predicted octanol–water partition coefficient (Wildman–Crippen LogP) is 3.54. The lowest BCUT2D eigenvalue weighted by molar-refractivity contribution is -0.117. The van der Waals surface area contributed by atoms with Gasteiger partial charge in [0.2, 0.25) is 0 Å². The van der Waals surface area contributed by atoms with Crippen LogP contribution in [-0.4, -0.2) is 24.2 Å². The van der Waals surface area contributed by atoms with Crippen molar-refractivity contribution >= 4 is 12.0 Å². The number of aromatic nitrogens is 1. The summed E-state index contributed by atoms with van der Waals surface area (Å²) in [6, 6.07) is 13.5. The Kier molecular flexibility index (Phi) is 6.76. The van der Waals surface area contributed by atoms with Crippen molar-refractivity contribution < 1.29 is 9.53 Å². The summed E-state index contributed by atoms with van der Waals surface area (Å²) in [6.07, 6.45) is 1.65. The number of hydrogen-bond donors (Lipinski definition) is 1. The number of rotatable bonds is 7. The van der Waals surface area contributed by atoms with E-state index in [9.17, 15) is 10.1 Å². The number of nitrogens with zero attached hydrogens (tertiary/aromatic N) is 2. The number of carbonyl (C=O) groups excluding carboxylic acids is 1. The predicted molar refractivity (Wildman–Crippen MR) is 102 cm³/mol. The molecule has 5 nitrogen and oxygen atoms in total. The van der Waals surface area contributed by atoms with Crippen LogP contribution in [0.4, 0.5) is 0 Å². The van der Waals surface area contributed by atoms with Crippen LogP contribution in [0.2, 0.25) is 0 Å². The molecule has 1 N–H and O–H groups in total. The minimum Gasteiger partial charge on any atom is -0.383 e. The molecule has 0 saturated heterocycles. The van der Waals surface area contributed by atoms with E-state index in [1.165, 1.54) is 0 Å². The quantitative estimate of drug-likeness (QED) is 0.613. The fraction of sp³-hybridized carbons (Fsp3) is 0.333. The molecule has 1 atom stereocenters. The highest BCUT2D eigenvalue weighted by atomic mass is 16.5. The Balaban J connectivity index is 2.20. The molecule has 5 heteroatoms. The molecule has 2 rings (SSSR count). The van der Waals surface area contributed by atoms with Gasteiger partial charge in [0, 0.05) is 25.0 Å². The van der Waals surface area contributed by atoms with Crippen molar-refractivity contribution in [2.75, 3.05) is 13.7 Å². The van der Waals surface area contributed by atoms with E-state index in [0.29, 0.717) is 6.61 Å². The summed E-state index contributed by atoms with van der Waals surface area (Å²) in [7, 11) is 1.67. The Bertz CT molecular complexity index is 829. The monoisotopic (exact) mass is 351 g/mol. The van der Waals surface area contributed by atoms with E-state index < -0.39 is 0 Å². The van der Waals surface area contributed by atoms with Gasteiger partial charge >= 0.3 is 0 Å². The topological polar surface area (TPSA) is 67.0 Å². The lowest BCUT2D eigenvalue weighted by Gasteiger charge is -2.13. The van der Waals surface area contributed by atoms with E-state index in [1.54, 1.807) is 13.2 Å². The van der Waals surface area contributed by atoms with E-state index in [4.69, 9.17) is 4.74 Å². The Morgan fingerprint density at radius 2 is 2.04 bits per heavy atom. The van der Waals surface area contributed by atoms with Gasteiger partial charge in [0.1, 0.15) is 11.6 Å². The van der Waals surface area contributed by atoms with Gasteiger partial charge in [0.05, 0.1) is 12.6 Å². The number of carbonyl (C=O) groups is 1. The second-order valence-corrected chi connectivity index (χ2v) is 6.25. The smallest absolute Gasteiger partial charge is 0.262 e. The Morgan fingerprint density at radius 1 is 1.35 bits per heavy atom. The molecule has 1 heterocycles. The van der Waals surface area contributed by atoms with E-state index in [0.717, 1.165) is 29.1 Å². The van der Waals surface area contributed by atoms with E-state index in [2.05, 4.69) is 9.88 Å². The molecule has 136 valence electrons. The summed E-state index contributed by atoms with van der Waals surface area (Å²) in [4.78, 5) is 12.5. The van der Waals surface area contributed by atoms with Crippen molar-refractivity contribution in [2.24, 2.45) is 0 Å². The molecule has 1 aromatic carbocycles. The van der Waals surface area contributed by atoms with Gasteiger partial charge in [-0.25, -0.2) is 0 Å². The minimum absolute atomic E-state index is 0.0970. The highest BCUT2D eigenvalue weighted by Crippen LogP contribution is 2.19. The Hall–Kier alpha value is -2.84. The van der Waals surface area contributed by atoms with Crippen LogP contribution in [0.1, 0.15) is 35.5 Å². The number of hydrogen-bond acceptors (Lipinski definition) is 3. The SMILES string of the molecule is COCCn1c(C)cc(/C=C(/C#N)C(=O)N[C@@H](C)c2ccccc2)c1C. The molecule has 0 spiro atoms. The van der Waals surface area contributed by atoms with Crippen molar-refractivity contribution in [3.63, 3.8) is 0 Å². The summed E-state index contributed by atoms with van der Waals surface area (Å²) in [6.45, 7) is 7.23. The zero-order chi connectivity index (χ0) is 19.1. The summed E-state index contributed by atoms with van der Waals surface area (Å²) in [5.41, 5.74) is 4.05. The maximum Gasteiger partial charge on any atom is 0.262 e. The summed E-state index contributed by atoms with van der Waals surface area (Å²) in [5.74, 6) is -0.370. The number of aryl methyl sites for hydroxylation is 1. The molecule has 0 aliphatic rings. The number of nitriles is 1. The first-order valence-corrected chi connectivity index (χ1v) is 8.61. The van der Waals surface area contributed by atoms with Crippen molar-refractivity contribution in [1.82, 2.24) is 9.88 Å². The van der Waals surface area contributed by atoms with Gasteiger partial charge in [-0.15, -0.1) is 0 Å². The van der Waals surface area contributed by atoms with Gasteiger partial charge in [-0.2, -0.15) is 5.26 Å². The number of benzene rings is 1. The van der Waals surface area contributed by atoms with Crippen molar-refractivity contribution in [3.8, 4) is 6.07 Å². The zero-order valence-electron chi connectivity index (χ0n) is 15.7. The van der Waals surface area contributed by atoms with E-state index >= 15 is 0 Å². The number of amides is 1. The van der Waals surface area contributed by atoms with Gasteiger partial charge in [0.15, 0.2) is 0 Å². The highest BCUT2D eigenvalue weighted by molar-refractivity contribution is 6.02. The number of ether oxygens (including phenoxy) is 1. The molecule has 26 heavy (non-hydrogen) atoms. The van der Waals surface area contributed by atoms with Crippen LogP contribution >= 0.6 is 0 Å². The molecule has 0 aliphatic heterocycles. The van der Waals surface area contributed by atoms with Gasteiger partial charge in [0.25, 0.3) is 5.91 Å². The first-order valence-electron chi connectivity index (χ1n) is 8.61. The summed E-state index contributed by atoms with van der Waals surface area (Å²) < 4.78 is 7.26. The molecular formula is C21H25N3O2. The maximum absolute atomic E-state index is 12.5. The van der Waals surface area contributed by atoms with Crippen LogP contribution in [-0.2, 0) is 16.1 Å². The summed E-state index contributed by atoms with van der Waals surface area (Å²) in [5, 5.41) is 12.3. The standard InChI is InChI=1S/C21H25N3O2/c1-15-12-19(17(3)24(15)10-11-26-4)13-20(14-22)21(25)23-16(2)18-8-6-5-7-9-18/h5-9,12-13,16H,10-11H2,1-4H3,(H,23,25)/b20-13-/t16-/m0/s1. The highest BCUT2D eigenvalue weighted by Gasteiger charge is 2.15. The van der Waals surface area contributed by atoms with Crippen LogP contribution in [0.15, 0.2) is 42.0 Å². The molecule has 0 saturated carbocycles. The molecule has 0 aliphatic carbocycles. The van der Waals surface area contributed by atoms with Gasteiger partial charge < -0.3 is 14.6 Å². The van der Waals surface area contributed by atoms with Crippen LogP contribution in [0.5, 0.6) is 0 Å². The van der Waals surface area contributed by atoms with Gasteiger partial charge in [-0.1, -0.05) is 30.3 Å². The lowest BCUT2D eigenvalue weighted by Crippen LogP contribution is -2.27. The normalized spacial score (nSPS) is 12.5. The third kappa shape index (κ3) is 4.62. The molecule has 2 aromatic rings. The van der Waals surface area contributed by atoms with Crippen molar-refractivity contribution in [2.45, 2.75) is 33.4 Å². The average Bonchev–Trinajstić information content (AvgIpc) is 2.91. The van der Waals surface area contributed by atoms with Crippen LogP contribution < -0.4 is 5.32 Å². The Morgan fingerprint density at radius 3 is 2.65 bits per heavy atom. The second-order valence-electron chi connectivity index (χ2n) is 6.25. The second kappa shape index (κ2) is 9.02. The largest absolute Gasteiger partial charge is 0.383 e. The van der Waals surface area contributed by atoms with Gasteiger partial charge in [-0.3, -0.25) is 4.79 Å². The first kappa shape index (κ1) is 19.5. The molecule has 0 unspecified atom stereocenters. The maximum atomic E-state index is 12.5. The fourth-order valence-electron chi connectivity index (χ4n) is 2.90. The van der Waals surface area contributed by atoms with Crippen LogP contribution in [0, 0.1) is 25.2 Å². The van der Waals surface area contributed by atoms with Crippen molar-refractivity contribution in [3.05, 3.63) is 64.5 Å². The molecule has 0 bridgehead atoms. The molecule has 1 amide bonds. The summed E-state index contributed by atoms with van der Waals surface area (Å²) >= 11 is 0. The van der Waals surface area contributed by atoms with E-state index in [1.807, 2.05) is 63.2 Å². The van der Waals surface area contributed by atoms with Crippen LogP contribution in [0.3, 0.4) is 0 Å². The van der Waals surface area contributed by atoms with Crippen molar-refractivity contribution in [1.29, 1.82) is 5.26 Å². The molecular weight excluding hydrogens is 326 g/mol. The zero-order valence-corrected chi connectivity index (χ0v) is 15.7.